The monoisotopic (exact) mass is 301 g/mol. The molecule has 0 aliphatic rings. The molecule has 0 aliphatic heterocycles. The number of hydrogen-bond donors (Lipinski definition) is 1. The first kappa shape index (κ1) is 13.6. The number of aryl methyl sites for hydroxylation is 2. The summed E-state index contributed by atoms with van der Waals surface area (Å²) in [6.45, 7) is 2.02. The van der Waals surface area contributed by atoms with Crippen LogP contribution in [0.5, 0.6) is 0 Å². The van der Waals surface area contributed by atoms with E-state index in [0.29, 0.717) is 5.82 Å². The van der Waals surface area contributed by atoms with Gasteiger partial charge in [-0.2, -0.15) is 5.10 Å². The molecule has 108 valence electrons. The van der Waals surface area contributed by atoms with Gasteiger partial charge in [0.1, 0.15) is 5.82 Å². The molecule has 3 aromatic rings. The fraction of sp³-hybridized carbons (Fsp3) is 0.214. The van der Waals surface area contributed by atoms with Crippen LogP contribution in [0.3, 0.4) is 0 Å². The standard InChI is InChI=1S/C14H15N5OS/c1-9-11-5-4-10(6-12(11)17-19(9)3)18(2)14(20)16-13-7-21-8-15-13/h4-8H,1-3H3,(H,16,20). The van der Waals surface area contributed by atoms with Crippen LogP contribution in [0.4, 0.5) is 16.3 Å². The number of amides is 2. The van der Waals surface area contributed by atoms with E-state index in [1.54, 1.807) is 22.8 Å². The number of benzene rings is 1. The van der Waals surface area contributed by atoms with Crippen LogP contribution >= 0.6 is 11.3 Å². The first-order valence-electron chi connectivity index (χ1n) is 6.42. The van der Waals surface area contributed by atoms with Crippen molar-refractivity contribution in [3.63, 3.8) is 0 Å². The number of fused-ring (bicyclic) bond motifs is 1. The highest BCUT2D eigenvalue weighted by Crippen LogP contribution is 2.23. The lowest BCUT2D eigenvalue weighted by molar-refractivity contribution is 0.258. The fourth-order valence-electron chi connectivity index (χ4n) is 2.11. The molecule has 0 spiro atoms. The van der Waals surface area contributed by atoms with Crippen LogP contribution < -0.4 is 10.2 Å². The number of hydrogen-bond acceptors (Lipinski definition) is 4. The molecule has 0 fully saturated rings. The summed E-state index contributed by atoms with van der Waals surface area (Å²) in [5.41, 5.74) is 4.44. The average Bonchev–Trinajstić information content (AvgIpc) is 3.07. The zero-order valence-corrected chi connectivity index (χ0v) is 12.8. The van der Waals surface area contributed by atoms with Gasteiger partial charge in [0.15, 0.2) is 0 Å². The van der Waals surface area contributed by atoms with Crippen molar-refractivity contribution < 1.29 is 4.79 Å². The van der Waals surface area contributed by atoms with Crippen molar-refractivity contribution >= 4 is 39.8 Å². The molecular weight excluding hydrogens is 286 g/mol. The molecule has 0 saturated heterocycles. The number of rotatable bonds is 2. The maximum atomic E-state index is 12.2. The van der Waals surface area contributed by atoms with E-state index in [1.807, 2.05) is 36.9 Å². The van der Waals surface area contributed by atoms with E-state index in [9.17, 15) is 4.79 Å². The smallest absolute Gasteiger partial charge is 0.297 e. The molecule has 0 saturated carbocycles. The van der Waals surface area contributed by atoms with E-state index < -0.39 is 0 Å². The summed E-state index contributed by atoms with van der Waals surface area (Å²) < 4.78 is 1.84. The molecule has 2 heterocycles. The van der Waals surface area contributed by atoms with Crippen LogP contribution in [-0.4, -0.2) is 27.8 Å². The molecule has 0 aliphatic carbocycles. The normalized spacial score (nSPS) is 10.8. The van der Waals surface area contributed by atoms with E-state index in [2.05, 4.69) is 15.4 Å². The van der Waals surface area contributed by atoms with Crippen molar-refractivity contribution in [3.8, 4) is 0 Å². The minimum absolute atomic E-state index is 0.229. The number of anilines is 2. The van der Waals surface area contributed by atoms with Gasteiger partial charge >= 0.3 is 6.03 Å². The van der Waals surface area contributed by atoms with Crippen LogP contribution in [0.2, 0.25) is 0 Å². The third kappa shape index (κ3) is 2.47. The van der Waals surface area contributed by atoms with Gasteiger partial charge in [-0.1, -0.05) is 0 Å². The summed E-state index contributed by atoms with van der Waals surface area (Å²) >= 11 is 1.44. The lowest BCUT2D eigenvalue weighted by Gasteiger charge is -2.17. The van der Waals surface area contributed by atoms with Gasteiger partial charge in [-0.05, 0) is 25.1 Å². The maximum Gasteiger partial charge on any atom is 0.327 e. The van der Waals surface area contributed by atoms with E-state index in [0.717, 1.165) is 22.3 Å². The Morgan fingerprint density at radius 1 is 1.43 bits per heavy atom. The number of nitrogens with one attached hydrogen (secondary N) is 1. The molecule has 0 radical (unpaired) electrons. The second-order valence-corrected chi connectivity index (χ2v) is 5.49. The molecule has 2 amide bonds. The van der Waals surface area contributed by atoms with Gasteiger partial charge in [0.2, 0.25) is 0 Å². The van der Waals surface area contributed by atoms with Gasteiger partial charge in [0.05, 0.1) is 11.0 Å². The highest BCUT2D eigenvalue weighted by molar-refractivity contribution is 7.07. The largest absolute Gasteiger partial charge is 0.327 e. The van der Waals surface area contributed by atoms with E-state index >= 15 is 0 Å². The molecule has 0 atom stereocenters. The third-order valence-electron chi connectivity index (χ3n) is 3.47. The van der Waals surface area contributed by atoms with Crippen LogP contribution in [0.15, 0.2) is 29.1 Å². The Bertz CT molecular complexity index is 793. The number of aromatic nitrogens is 3. The molecule has 2 aromatic heterocycles. The number of nitrogens with zero attached hydrogens (tertiary/aromatic N) is 4. The third-order valence-corrected chi connectivity index (χ3v) is 4.06. The molecule has 7 heteroatoms. The van der Waals surface area contributed by atoms with Gasteiger partial charge in [-0.3, -0.25) is 14.9 Å². The quantitative estimate of drug-likeness (QED) is 0.791. The Morgan fingerprint density at radius 3 is 2.95 bits per heavy atom. The topological polar surface area (TPSA) is 63.1 Å². The lowest BCUT2D eigenvalue weighted by atomic mass is 10.2. The maximum absolute atomic E-state index is 12.2. The summed E-state index contributed by atoms with van der Waals surface area (Å²) in [6.07, 6.45) is 0. The number of carbonyl (C=O) groups excluding carboxylic acids is 1. The molecule has 6 nitrogen and oxygen atoms in total. The number of carbonyl (C=O) groups is 1. The van der Waals surface area contributed by atoms with Gasteiger partial charge in [-0.15, -0.1) is 11.3 Å². The van der Waals surface area contributed by atoms with Crippen molar-refractivity contribution in [2.75, 3.05) is 17.3 Å². The van der Waals surface area contributed by atoms with Crippen molar-refractivity contribution in [3.05, 3.63) is 34.8 Å². The minimum atomic E-state index is -0.229. The highest BCUT2D eigenvalue weighted by atomic mass is 32.1. The molecule has 1 aromatic carbocycles. The van der Waals surface area contributed by atoms with E-state index in [-0.39, 0.29) is 6.03 Å². The summed E-state index contributed by atoms with van der Waals surface area (Å²) in [4.78, 5) is 17.8. The minimum Gasteiger partial charge on any atom is -0.297 e. The number of urea groups is 1. The molecule has 3 rings (SSSR count). The average molecular weight is 301 g/mol. The van der Waals surface area contributed by atoms with Crippen molar-refractivity contribution in [1.82, 2.24) is 14.8 Å². The summed E-state index contributed by atoms with van der Waals surface area (Å²) in [5.74, 6) is 0.562. The summed E-state index contributed by atoms with van der Waals surface area (Å²) in [6, 6.07) is 5.58. The number of thiazole rings is 1. The zero-order chi connectivity index (χ0) is 15.0. The summed E-state index contributed by atoms with van der Waals surface area (Å²) in [7, 11) is 3.63. The Morgan fingerprint density at radius 2 is 2.24 bits per heavy atom. The second kappa shape index (κ2) is 5.17. The predicted octanol–water partition coefficient (Wildman–Crippen LogP) is 3.01. The Kier molecular flexibility index (Phi) is 3.34. The van der Waals surface area contributed by atoms with Crippen molar-refractivity contribution in [1.29, 1.82) is 0 Å². The van der Waals surface area contributed by atoms with Crippen LogP contribution in [-0.2, 0) is 7.05 Å². The molecule has 1 N–H and O–H groups in total. The van der Waals surface area contributed by atoms with E-state index in [1.165, 1.54) is 11.3 Å². The molecular formula is C14H15N5OS. The van der Waals surface area contributed by atoms with E-state index in [4.69, 9.17) is 0 Å². The van der Waals surface area contributed by atoms with Crippen LogP contribution in [0.1, 0.15) is 5.69 Å². The second-order valence-electron chi connectivity index (χ2n) is 4.77. The van der Waals surface area contributed by atoms with Crippen LogP contribution in [0.25, 0.3) is 10.9 Å². The van der Waals surface area contributed by atoms with Gasteiger partial charge < -0.3 is 0 Å². The van der Waals surface area contributed by atoms with Gasteiger partial charge in [-0.25, -0.2) is 9.78 Å². The van der Waals surface area contributed by atoms with Crippen molar-refractivity contribution in [2.24, 2.45) is 7.05 Å². The zero-order valence-electron chi connectivity index (χ0n) is 12.0. The predicted molar refractivity (Wildman–Crippen MR) is 85.0 cm³/mol. The summed E-state index contributed by atoms with van der Waals surface area (Å²) in [5, 5.41) is 10.1. The SMILES string of the molecule is Cc1c2ccc(N(C)C(=O)Nc3cscn3)cc2nn1C. The van der Waals surface area contributed by atoms with Crippen LogP contribution in [0, 0.1) is 6.92 Å². The molecule has 21 heavy (non-hydrogen) atoms. The lowest BCUT2D eigenvalue weighted by Crippen LogP contribution is -2.31. The van der Waals surface area contributed by atoms with Gasteiger partial charge in [0, 0.05) is 36.2 Å². The molecule has 0 unspecified atom stereocenters. The Hall–Kier alpha value is -2.41. The molecule has 0 bridgehead atoms. The van der Waals surface area contributed by atoms with Crippen molar-refractivity contribution in [2.45, 2.75) is 6.92 Å². The first-order chi connectivity index (χ1) is 10.1. The Balaban J connectivity index is 1.87. The fourth-order valence-corrected chi connectivity index (χ4v) is 2.60. The van der Waals surface area contributed by atoms with Gasteiger partial charge in [0.25, 0.3) is 0 Å². The highest BCUT2D eigenvalue weighted by Gasteiger charge is 2.14. The Labute approximate surface area is 126 Å². The first-order valence-corrected chi connectivity index (χ1v) is 7.37.